The molecule has 0 aromatic carbocycles. The Bertz CT molecular complexity index is 1650. The van der Waals surface area contributed by atoms with Crippen molar-refractivity contribution in [3.63, 3.8) is 0 Å². The summed E-state index contributed by atoms with van der Waals surface area (Å²) in [6, 6.07) is 4.27. The number of halogens is 5. The number of fused-ring (bicyclic) bond motifs is 1. The molecule has 0 radical (unpaired) electrons. The largest absolute Gasteiger partial charge is 0.493 e. The summed E-state index contributed by atoms with van der Waals surface area (Å²) in [4.78, 5) is 43.4. The molecule has 1 aliphatic heterocycles. The number of amides is 1. The van der Waals surface area contributed by atoms with E-state index in [4.69, 9.17) is 11.6 Å². The van der Waals surface area contributed by atoms with Crippen LogP contribution in [-0.2, 0) is 14.4 Å². The number of hydrogen-bond acceptors (Lipinski definition) is 9. The van der Waals surface area contributed by atoms with Gasteiger partial charge in [-0.2, -0.15) is 23.5 Å². The molecule has 41 heavy (non-hydrogen) atoms. The first kappa shape index (κ1) is 27.8. The van der Waals surface area contributed by atoms with Gasteiger partial charge in [0.15, 0.2) is 16.8 Å². The number of hydrogen-bond donors (Lipinski definition) is 1. The Labute approximate surface area is 233 Å². The van der Waals surface area contributed by atoms with Crippen LogP contribution < -0.4 is 9.96 Å². The van der Waals surface area contributed by atoms with Crippen molar-refractivity contribution in [3.05, 3.63) is 48.0 Å². The Hall–Kier alpha value is -4.78. The number of aromatic nitrogens is 6. The van der Waals surface area contributed by atoms with E-state index in [0.29, 0.717) is 30.4 Å². The second-order valence-corrected chi connectivity index (χ2v) is 9.37. The highest BCUT2D eigenvalue weighted by Gasteiger charge is 2.43. The highest BCUT2D eigenvalue weighted by atomic mass is 35.5. The molecule has 0 bridgehead atoms. The standard InChI is InChI=1S/C24H18ClF4N9O3/c25-20-18(38(12-39)41-23(40)24(27,28)29)7-16(26)22(35-20)36-6-3-13(9-36)17(1-4-30)37-10-14(8-34-37)19-15-2-5-31-21(15)33-11-32-19/h2,5,7-8,10-13,17H,1,3,6,9H2,(H,31,32,33). The van der Waals surface area contributed by atoms with Crippen LogP contribution in [0.2, 0.25) is 5.15 Å². The number of carbonyl (C=O) groups excluding carboxylic acids is 2. The van der Waals surface area contributed by atoms with Crippen molar-refractivity contribution in [1.29, 1.82) is 5.26 Å². The van der Waals surface area contributed by atoms with E-state index in [1.165, 1.54) is 6.33 Å². The van der Waals surface area contributed by atoms with Crippen molar-refractivity contribution in [3.8, 4) is 17.3 Å². The Morgan fingerprint density at radius 1 is 1.39 bits per heavy atom. The summed E-state index contributed by atoms with van der Waals surface area (Å²) >= 11 is 6.04. The third-order valence-corrected chi connectivity index (χ3v) is 6.85. The van der Waals surface area contributed by atoms with Gasteiger partial charge in [-0.1, -0.05) is 11.6 Å². The lowest BCUT2D eigenvalue weighted by Crippen LogP contribution is -2.34. The number of nitriles is 1. The number of anilines is 2. The van der Waals surface area contributed by atoms with Crippen molar-refractivity contribution < 1.29 is 32.0 Å². The normalized spacial score (nSPS) is 16.0. The van der Waals surface area contributed by atoms with Crippen LogP contribution in [0.15, 0.2) is 37.1 Å². The van der Waals surface area contributed by atoms with Gasteiger partial charge in [0.1, 0.15) is 17.7 Å². The number of H-pyrrole nitrogens is 1. The van der Waals surface area contributed by atoms with Gasteiger partial charge in [-0.25, -0.2) is 24.1 Å². The first-order valence-electron chi connectivity index (χ1n) is 11.9. The van der Waals surface area contributed by atoms with E-state index in [0.717, 1.165) is 10.9 Å². The zero-order valence-electron chi connectivity index (χ0n) is 20.7. The van der Waals surface area contributed by atoms with E-state index < -0.39 is 28.8 Å². The molecular formula is C24H18ClF4N9O3. The summed E-state index contributed by atoms with van der Waals surface area (Å²) in [5.74, 6) is -4.10. The van der Waals surface area contributed by atoms with E-state index in [2.05, 4.69) is 35.9 Å². The predicted molar refractivity (Wildman–Crippen MR) is 135 cm³/mol. The van der Waals surface area contributed by atoms with E-state index in [9.17, 15) is 28.0 Å². The average Bonchev–Trinajstić information content (AvgIpc) is 3.71. The van der Waals surface area contributed by atoms with Gasteiger partial charge < -0.3 is 14.7 Å². The first-order chi connectivity index (χ1) is 19.6. The van der Waals surface area contributed by atoms with Crippen molar-refractivity contribution in [2.24, 2.45) is 5.92 Å². The molecule has 2 atom stereocenters. The monoisotopic (exact) mass is 591 g/mol. The molecule has 1 amide bonds. The molecule has 1 aliphatic rings. The fraction of sp³-hybridized carbons (Fsp3) is 0.292. The van der Waals surface area contributed by atoms with Crippen LogP contribution in [0.25, 0.3) is 22.3 Å². The first-order valence-corrected chi connectivity index (χ1v) is 12.3. The molecule has 5 heterocycles. The number of rotatable bonds is 8. The molecule has 1 fully saturated rings. The number of alkyl halides is 3. The number of carbonyl (C=O) groups is 2. The number of pyridine rings is 1. The smallest absolute Gasteiger partial charge is 0.354 e. The van der Waals surface area contributed by atoms with Gasteiger partial charge in [-0.15, -0.1) is 5.06 Å². The highest BCUT2D eigenvalue weighted by molar-refractivity contribution is 6.32. The number of nitrogens with zero attached hydrogens (tertiary/aromatic N) is 8. The second kappa shape index (κ2) is 11.0. The maximum atomic E-state index is 15.1. The number of nitrogens with one attached hydrogen (secondary N) is 1. The van der Waals surface area contributed by atoms with E-state index >= 15 is 4.39 Å². The predicted octanol–water partition coefficient (Wildman–Crippen LogP) is 3.97. The molecule has 17 heteroatoms. The van der Waals surface area contributed by atoms with Crippen LogP contribution in [0, 0.1) is 23.1 Å². The maximum Gasteiger partial charge on any atom is 0.493 e. The SMILES string of the molecule is N#CCC(C1CCN(c2nc(Cl)c(N(C=O)OC(=O)C(F)(F)F)cc2F)C1)n1cc(-c2ncnc3[nH]ccc23)cn1. The molecule has 2 unspecified atom stereocenters. The van der Waals surface area contributed by atoms with E-state index in [1.807, 2.05) is 6.07 Å². The van der Waals surface area contributed by atoms with Gasteiger partial charge in [0, 0.05) is 48.4 Å². The van der Waals surface area contributed by atoms with Gasteiger partial charge in [-0.05, 0) is 12.5 Å². The Kier molecular flexibility index (Phi) is 7.45. The summed E-state index contributed by atoms with van der Waals surface area (Å²) in [6.45, 7) is 0.563. The van der Waals surface area contributed by atoms with E-state index in [1.54, 1.807) is 28.2 Å². The summed E-state index contributed by atoms with van der Waals surface area (Å²) in [6.07, 6.45) is 1.55. The Morgan fingerprint density at radius 2 is 2.20 bits per heavy atom. The third kappa shape index (κ3) is 5.48. The van der Waals surface area contributed by atoms with E-state index in [-0.39, 0.29) is 42.2 Å². The van der Waals surface area contributed by atoms with Gasteiger partial charge >= 0.3 is 12.1 Å². The maximum absolute atomic E-state index is 15.1. The van der Waals surface area contributed by atoms with Crippen LogP contribution in [0.3, 0.4) is 0 Å². The summed E-state index contributed by atoms with van der Waals surface area (Å²) in [7, 11) is 0. The fourth-order valence-electron chi connectivity index (χ4n) is 4.70. The second-order valence-electron chi connectivity index (χ2n) is 9.01. The summed E-state index contributed by atoms with van der Waals surface area (Å²) in [5, 5.41) is 14.1. The molecule has 0 aliphatic carbocycles. The minimum Gasteiger partial charge on any atom is -0.354 e. The lowest BCUT2D eigenvalue weighted by Gasteiger charge is -2.24. The number of aromatic amines is 1. The minimum absolute atomic E-state index is 0.109. The lowest BCUT2D eigenvalue weighted by molar-refractivity contribution is -0.201. The van der Waals surface area contributed by atoms with Crippen LogP contribution in [0.4, 0.5) is 29.1 Å². The molecule has 212 valence electrons. The molecule has 0 spiro atoms. The highest BCUT2D eigenvalue weighted by Crippen LogP contribution is 2.37. The molecule has 4 aromatic rings. The quantitative estimate of drug-likeness (QED) is 0.139. The van der Waals surface area contributed by atoms with Crippen molar-refractivity contribution in [1.82, 2.24) is 29.7 Å². The van der Waals surface area contributed by atoms with Crippen LogP contribution >= 0.6 is 11.6 Å². The van der Waals surface area contributed by atoms with Crippen LogP contribution in [0.5, 0.6) is 0 Å². The molecule has 12 nitrogen and oxygen atoms in total. The van der Waals surface area contributed by atoms with Crippen molar-refractivity contribution >= 4 is 46.5 Å². The topological polar surface area (TPSA) is 146 Å². The van der Waals surface area contributed by atoms with Crippen LogP contribution in [-0.4, -0.2) is 61.4 Å². The molecule has 5 rings (SSSR count). The van der Waals surface area contributed by atoms with Gasteiger partial charge in [0.25, 0.3) is 0 Å². The fourth-order valence-corrected chi connectivity index (χ4v) is 4.92. The van der Waals surface area contributed by atoms with Gasteiger partial charge in [0.2, 0.25) is 6.41 Å². The van der Waals surface area contributed by atoms with Gasteiger partial charge in [0.05, 0.1) is 30.4 Å². The molecule has 0 saturated carbocycles. The lowest BCUT2D eigenvalue weighted by atomic mass is 9.96. The zero-order chi connectivity index (χ0) is 29.3. The average molecular weight is 592 g/mol. The molecule has 1 N–H and O–H groups in total. The minimum atomic E-state index is -5.40. The van der Waals surface area contributed by atoms with Gasteiger partial charge in [-0.3, -0.25) is 9.48 Å². The summed E-state index contributed by atoms with van der Waals surface area (Å²) < 4.78 is 54.4. The Balaban J connectivity index is 1.35. The molecule has 4 aromatic heterocycles. The molecule has 1 saturated heterocycles. The Morgan fingerprint density at radius 3 is 2.93 bits per heavy atom. The number of hydroxylamine groups is 1. The van der Waals surface area contributed by atoms with Crippen molar-refractivity contribution in [2.45, 2.75) is 25.1 Å². The van der Waals surface area contributed by atoms with Crippen LogP contribution in [0.1, 0.15) is 18.9 Å². The summed E-state index contributed by atoms with van der Waals surface area (Å²) in [5.41, 5.74) is 1.36. The zero-order valence-corrected chi connectivity index (χ0v) is 21.5. The molecular weight excluding hydrogens is 574 g/mol. The third-order valence-electron chi connectivity index (χ3n) is 6.58. The van der Waals surface area contributed by atoms with Crippen molar-refractivity contribution in [2.75, 3.05) is 23.1 Å².